The maximum Gasteiger partial charge on any atom is 0.0451 e. The molecule has 1 heteroatoms. The average molecular weight is 197 g/mol. The first-order valence-corrected chi connectivity index (χ1v) is 5.17. The highest BCUT2D eigenvalue weighted by atomic mass is 14.7. The van der Waals surface area contributed by atoms with E-state index in [1.54, 1.807) is 0 Å². The molecule has 76 valence electrons. The maximum absolute atomic E-state index is 4.38. The van der Waals surface area contributed by atoms with Crippen LogP contribution < -0.4 is 0 Å². The largest absolute Gasteiger partial charge is 0.261 e. The SMILES string of the molecule is Cc1ccc(-c2cc(C)cnc2C)cc1. The van der Waals surface area contributed by atoms with Gasteiger partial charge in [0.25, 0.3) is 0 Å². The van der Waals surface area contributed by atoms with Gasteiger partial charge in [-0.25, -0.2) is 0 Å². The minimum atomic E-state index is 1.09. The monoisotopic (exact) mass is 197 g/mol. The molecule has 1 aromatic carbocycles. The number of aromatic nitrogens is 1. The minimum absolute atomic E-state index is 1.09. The van der Waals surface area contributed by atoms with E-state index in [0.717, 1.165) is 5.69 Å². The van der Waals surface area contributed by atoms with E-state index in [2.05, 4.69) is 56.1 Å². The molecular weight excluding hydrogens is 182 g/mol. The third-order valence-electron chi connectivity index (χ3n) is 2.59. The Kier molecular flexibility index (Phi) is 2.55. The Hall–Kier alpha value is -1.63. The predicted molar refractivity (Wildman–Crippen MR) is 63.9 cm³/mol. The molecule has 1 nitrogen and oxygen atoms in total. The fourth-order valence-corrected chi connectivity index (χ4v) is 1.66. The van der Waals surface area contributed by atoms with Gasteiger partial charge in [0, 0.05) is 17.5 Å². The Labute approximate surface area is 90.8 Å². The van der Waals surface area contributed by atoms with Crippen LogP contribution in [0.3, 0.4) is 0 Å². The van der Waals surface area contributed by atoms with Crippen LogP contribution in [0.25, 0.3) is 11.1 Å². The predicted octanol–water partition coefficient (Wildman–Crippen LogP) is 3.67. The van der Waals surface area contributed by atoms with Crippen molar-refractivity contribution in [3.63, 3.8) is 0 Å². The van der Waals surface area contributed by atoms with Gasteiger partial charge < -0.3 is 0 Å². The van der Waals surface area contributed by atoms with Gasteiger partial charge in [-0.15, -0.1) is 0 Å². The first-order chi connectivity index (χ1) is 7.16. The summed E-state index contributed by atoms with van der Waals surface area (Å²) in [7, 11) is 0. The van der Waals surface area contributed by atoms with Gasteiger partial charge in [0.2, 0.25) is 0 Å². The van der Waals surface area contributed by atoms with Gasteiger partial charge >= 0.3 is 0 Å². The van der Waals surface area contributed by atoms with E-state index in [4.69, 9.17) is 0 Å². The van der Waals surface area contributed by atoms with Crippen LogP contribution in [0.5, 0.6) is 0 Å². The molecule has 0 radical (unpaired) electrons. The van der Waals surface area contributed by atoms with E-state index in [1.165, 1.54) is 22.3 Å². The number of hydrogen-bond acceptors (Lipinski definition) is 1. The molecule has 0 unspecified atom stereocenters. The van der Waals surface area contributed by atoms with Crippen LogP contribution in [0.4, 0.5) is 0 Å². The average Bonchev–Trinajstić information content (AvgIpc) is 2.23. The van der Waals surface area contributed by atoms with Crippen LogP contribution in [0.15, 0.2) is 36.5 Å². The summed E-state index contributed by atoms with van der Waals surface area (Å²) in [6.07, 6.45) is 1.91. The van der Waals surface area contributed by atoms with Crippen LogP contribution in [-0.2, 0) is 0 Å². The Morgan fingerprint density at radius 1 is 0.867 bits per heavy atom. The van der Waals surface area contributed by atoms with E-state index >= 15 is 0 Å². The lowest BCUT2D eigenvalue weighted by molar-refractivity contribution is 1.17. The molecule has 0 N–H and O–H groups in total. The van der Waals surface area contributed by atoms with E-state index in [0.29, 0.717) is 0 Å². The van der Waals surface area contributed by atoms with E-state index < -0.39 is 0 Å². The van der Waals surface area contributed by atoms with Crippen LogP contribution in [0.2, 0.25) is 0 Å². The molecule has 1 heterocycles. The molecular formula is C14H15N. The number of hydrogen-bond donors (Lipinski definition) is 0. The standard InChI is InChI=1S/C14H15N/c1-10-4-6-13(7-5-10)14-8-11(2)9-15-12(14)3/h4-9H,1-3H3. The summed E-state index contributed by atoms with van der Waals surface area (Å²) in [5.74, 6) is 0. The van der Waals surface area contributed by atoms with Crippen molar-refractivity contribution in [2.45, 2.75) is 20.8 Å². The quantitative estimate of drug-likeness (QED) is 0.679. The smallest absolute Gasteiger partial charge is 0.0451 e. The molecule has 15 heavy (non-hydrogen) atoms. The normalized spacial score (nSPS) is 10.3. The van der Waals surface area contributed by atoms with Gasteiger partial charge in [0.15, 0.2) is 0 Å². The molecule has 0 saturated carbocycles. The molecule has 2 rings (SSSR count). The van der Waals surface area contributed by atoms with Crippen molar-refractivity contribution >= 4 is 0 Å². The van der Waals surface area contributed by atoms with Crippen LogP contribution in [0, 0.1) is 20.8 Å². The van der Waals surface area contributed by atoms with Gasteiger partial charge in [-0.2, -0.15) is 0 Å². The van der Waals surface area contributed by atoms with Crippen molar-refractivity contribution in [2.75, 3.05) is 0 Å². The molecule has 1 aromatic heterocycles. The second kappa shape index (κ2) is 3.85. The summed E-state index contributed by atoms with van der Waals surface area (Å²) in [6, 6.07) is 10.8. The van der Waals surface area contributed by atoms with E-state index in [1.807, 2.05) is 6.20 Å². The third kappa shape index (κ3) is 2.07. The Morgan fingerprint density at radius 2 is 1.53 bits per heavy atom. The summed E-state index contributed by atoms with van der Waals surface area (Å²) in [5.41, 5.74) is 6.06. The summed E-state index contributed by atoms with van der Waals surface area (Å²) < 4.78 is 0. The highest BCUT2D eigenvalue weighted by Gasteiger charge is 2.02. The van der Waals surface area contributed by atoms with Gasteiger partial charge in [-0.05, 0) is 38.0 Å². The highest BCUT2D eigenvalue weighted by molar-refractivity contribution is 5.66. The molecule has 0 atom stereocenters. The van der Waals surface area contributed by atoms with Crippen molar-refractivity contribution < 1.29 is 0 Å². The van der Waals surface area contributed by atoms with E-state index in [9.17, 15) is 0 Å². The number of aryl methyl sites for hydroxylation is 3. The lowest BCUT2D eigenvalue weighted by Crippen LogP contribution is -1.89. The molecule has 0 aliphatic heterocycles. The van der Waals surface area contributed by atoms with Crippen molar-refractivity contribution in [2.24, 2.45) is 0 Å². The minimum Gasteiger partial charge on any atom is -0.261 e. The number of rotatable bonds is 1. The van der Waals surface area contributed by atoms with Crippen molar-refractivity contribution in [3.8, 4) is 11.1 Å². The van der Waals surface area contributed by atoms with Crippen LogP contribution in [0.1, 0.15) is 16.8 Å². The summed E-state index contributed by atoms with van der Waals surface area (Å²) in [5, 5.41) is 0. The van der Waals surface area contributed by atoms with Crippen molar-refractivity contribution in [1.82, 2.24) is 4.98 Å². The van der Waals surface area contributed by atoms with Gasteiger partial charge in [0.05, 0.1) is 0 Å². The molecule has 0 spiro atoms. The maximum atomic E-state index is 4.38. The lowest BCUT2D eigenvalue weighted by atomic mass is 10.0. The zero-order chi connectivity index (χ0) is 10.8. The fourth-order valence-electron chi connectivity index (χ4n) is 1.66. The Morgan fingerprint density at radius 3 is 2.20 bits per heavy atom. The first-order valence-electron chi connectivity index (χ1n) is 5.17. The van der Waals surface area contributed by atoms with Crippen LogP contribution in [-0.4, -0.2) is 4.98 Å². The number of nitrogens with zero attached hydrogens (tertiary/aromatic N) is 1. The topological polar surface area (TPSA) is 12.9 Å². The highest BCUT2D eigenvalue weighted by Crippen LogP contribution is 2.23. The number of pyridine rings is 1. The zero-order valence-corrected chi connectivity index (χ0v) is 9.41. The summed E-state index contributed by atoms with van der Waals surface area (Å²) in [4.78, 5) is 4.38. The van der Waals surface area contributed by atoms with Gasteiger partial charge in [-0.3, -0.25) is 4.98 Å². The number of benzene rings is 1. The first kappa shape index (κ1) is 9.91. The van der Waals surface area contributed by atoms with Crippen LogP contribution >= 0.6 is 0 Å². The fraction of sp³-hybridized carbons (Fsp3) is 0.214. The summed E-state index contributed by atoms with van der Waals surface area (Å²) in [6.45, 7) is 6.23. The summed E-state index contributed by atoms with van der Waals surface area (Å²) >= 11 is 0. The molecule has 0 saturated heterocycles. The molecule has 2 aromatic rings. The second-order valence-electron chi connectivity index (χ2n) is 4.01. The Balaban J connectivity index is 2.53. The molecule has 0 aliphatic carbocycles. The van der Waals surface area contributed by atoms with Gasteiger partial charge in [0.1, 0.15) is 0 Å². The third-order valence-corrected chi connectivity index (χ3v) is 2.59. The van der Waals surface area contributed by atoms with Gasteiger partial charge in [-0.1, -0.05) is 29.8 Å². The molecule has 0 bridgehead atoms. The molecule has 0 amide bonds. The molecule has 0 aliphatic rings. The zero-order valence-electron chi connectivity index (χ0n) is 9.41. The lowest BCUT2D eigenvalue weighted by Gasteiger charge is -2.06. The second-order valence-corrected chi connectivity index (χ2v) is 4.01. The Bertz CT molecular complexity index is 469. The van der Waals surface area contributed by atoms with Crippen molar-refractivity contribution in [1.29, 1.82) is 0 Å². The van der Waals surface area contributed by atoms with E-state index in [-0.39, 0.29) is 0 Å². The molecule has 0 fully saturated rings. The van der Waals surface area contributed by atoms with Crippen molar-refractivity contribution in [3.05, 3.63) is 53.3 Å².